The van der Waals surface area contributed by atoms with Crippen LogP contribution >= 0.6 is 0 Å². The molecule has 0 bridgehead atoms. The number of aliphatic imine (C=N–C) groups is 1. The van der Waals surface area contributed by atoms with Crippen molar-refractivity contribution >= 4 is 11.9 Å². The molecule has 0 aromatic carbocycles. The number of piperazine rings is 1. The molecular weight excluding hydrogens is 354 g/mol. The Hall–Kier alpha value is -1.34. The van der Waals surface area contributed by atoms with Gasteiger partial charge in [0, 0.05) is 58.3 Å². The van der Waals surface area contributed by atoms with E-state index < -0.39 is 0 Å². The molecule has 2 atom stereocenters. The average molecular weight is 394 g/mol. The van der Waals surface area contributed by atoms with Gasteiger partial charge < -0.3 is 20.2 Å². The zero-order chi connectivity index (χ0) is 19.8. The lowest BCUT2D eigenvalue weighted by Gasteiger charge is -2.37. The lowest BCUT2D eigenvalue weighted by molar-refractivity contribution is -0.132. The molecule has 3 aliphatic rings. The number of hydrogen-bond donors (Lipinski definition) is 2. The lowest BCUT2D eigenvalue weighted by Crippen LogP contribution is -2.54. The first-order valence-corrected chi connectivity index (χ1v) is 11.4. The Morgan fingerprint density at radius 1 is 0.964 bits per heavy atom. The third kappa shape index (κ3) is 6.08. The zero-order valence-corrected chi connectivity index (χ0v) is 17.6. The minimum Gasteiger partial charge on any atom is -0.393 e. The van der Waals surface area contributed by atoms with Gasteiger partial charge >= 0.3 is 0 Å². The van der Waals surface area contributed by atoms with Gasteiger partial charge in [-0.05, 0) is 32.6 Å². The molecule has 2 unspecified atom stereocenters. The number of carbonyl (C=O) groups excluding carboxylic acids is 1. The van der Waals surface area contributed by atoms with Crippen molar-refractivity contribution in [3.8, 4) is 0 Å². The highest BCUT2D eigenvalue weighted by Crippen LogP contribution is 2.25. The molecule has 7 heteroatoms. The van der Waals surface area contributed by atoms with Crippen LogP contribution in [0.4, 0.5) is 0 Å². The molecule has 2 aliphatic heterocycles. The molecule has 160 valence electrons. The van der Waals surface area contributed by atoms with Gasteiger partial charge in [-0.25, -0.2) is 0 Å². The number of aliphatic hydroxyl groups is 1. The molecule has 1 amide bonds. The van der Waals surface area contributed by atoms with Crippen LogP contribution in [-0.4, -0.2) is 96.7 Å². The normalized spacial score (nSPS) is 27.7. The summed E-state index contributed by atoms with van der Waals surface area (Å²) >= 11 is 0. The molecule has 28 heavy (non-hydrogen) atoms. The number of nitrogens with zero attached hydrogens (tertiary/aromatic N) is 4. The van der Waals surface area contributed by atoms with E-state index in [0.29, 0.717) is 24.9 Å². The van der Waals surface area contributed by atoms with Gasteiger partial charge in [-0.2, -0.15) is 0 Å². The number of amides is 1. The standard InChI is InChI=1S/C21H39N5O2/c1-2-22-21(23-16-18-8-7-9-19(18)27)26-14-12-24(13-15-26)17-20(28)25-10-5-3-4-6-11-25/h18-19,27H,2-17H2,1H3,(H,22,23). The van der Waals surface area contributed by atoms with Crippen molar-refractivity contribution in [1.29, 1.82) is 0 Å². The van der Waals surface area contributed by atoms with Gasteiger partial charge in [-0.15, -0.1) is 0 Å². The molecule has 1 aliphatic carbocycles. The highest BCUT2D eigenvalue weighted by atomic mass is 16.3. The second-order valence-corrected chi connectivity index (χ2v) is 8.51. The van der Waals surface area contributed by atoms with Crippen molar-refractivity contribution in [2.75, 3.05) is 58.9 Å². The molecule has 3 rings (SSSR count). The van der Waals surface area contributed by atoms with Crippen LogP contribution in [0, 0.1) is 5.92 Å². The monoisotopic (exact) mass is 393 g/mol. The van der Waals surface area contributed by atoms with Gasteiger partial charge in [-0.1, -0.05) is 19.3 Å². The maximum Gasteiger partial charge on any atom is 0.236 e. The van der Waals surface area contributed by atoms with Crippen LogP contribution in [0.1, 0.15) is 51.9 Å². The van der Waals surface area contributed by atoms with E-state index in [-0.39, 0.29) is 6.10 Å². The molecule has 0 aromatic heterocycles. The van der Waals surface area contributed by atoms with E-state index in [1.54, 1.807) is 0 Å². The number of nitrogens with one attached hydrogen (secondary N) is 1. The Kier molecular flexibility index (Phi) is 8.40. The van der Waals surface area contributed by atoms with Crippen LogP contribution in [0.2, 0.25) is 0 Å². The first-order valence-electron chi connectivity index (χ1n) is 11.4. The summed E-state index contributed by atoms with van der Waals surface area (Å²) < 4.78 is 0. The minimum absolute atomic E-state index is 0.187. The summed E-state index contributed by atoms with van der Waals surface area (Å²) in [6, 6.07) is 0. The number of hydrogen-bond acceptors (Lipinski definition) is 4. The quantitative estimate of drug-likeness (QED) is 0.541. The first kappa shape index (κ1) is 21.4. The number of aliphatic hydroxyl groups excluding tert-OH is 1. The summed E-state index contributed by atoms with van der Waals surface area (Å²) in [6.45, 7) is 9.65. The molecule has 7 nitrogen and oxygen atoms in total. The van der Waals surface area contributed by atoms with Crippen molar-refractivity contribution in [3.05, 3.63) is 0 Å². The third-order valence-electron chi connectivity index (χ3n) is 6.42. The molecule has 2 saturated heterocycles. The molecule has 0 aromatic rings. The summed E-state index contributed by atoms with van der Waals surface area (Å²) in [4.78, 5) is 24.1. The van der Waals surface area contributed by atoms with Gasteiger partial charge in [0.2, 0.25) is 5.91 Å². The van der Waals surface area contributed by atoms with Crippen molar-refractivity contribution in [3.63, 3.8) is 0 Å². The van der Waals surface area contributed by atoms with Crippen molar-refractivity contribution < 1.29 is 9.90 Å². The predicted molar refractivity (Wildman–Crippen MR) is 112 cm³/mol. The predicted octanol–water partition coefficient (Wildman–Crippen LogP) is 1.13. The van der Waals surface area contributed by atoms with E-state index in [1.807, 2.05) is 0 Å². The van der Waals surface area contributed by atoms with Crippen LogP contribution in [0.3, 0.4) is 0 Å². The summed E-state index contributed by atoms with van der Waals surface area (Å²) in [5.74, 6) is 1.56. The van der Waals surface area contributed by atoms with E-state index >= 15 is 0 Å². The fraction of sp³-hybridized carbons (Fsp3) is 0.905. The second-order valence-electron chi connectivity index (χ2n) is 8.51. The lowest BCUT2D eigenvalue weighted by atomic mass is 10.1. The van der Waals surface area contributed by atoms with Gasteiger partial charge in [0.05, 0.1) is 12.6 Å². The van der Waals surface area contributed by atoms with Crippen LogP contribution in [-0.2, 0) is 4.79 Å². The molecule has 3 fully saturated rings. The van der Waals surface area contributed by atoms with Crippen molar-refractivity contribution in [1.82, 2.24) is 20.0 Å². The Balaban J connectivity index is 1.46. The van der Waals surface area contributed by atoms with Gasteiger partial charge in [0.1, 0.15) is 0 Å². The van der Waals surface area contributed by atoms with Crippen molar-refractivity contribution in [2.45, 2.75) is 58.0 Å². The maximum absolute atomic E-state index is 12.6. The smallest absolute Gasteiger partial charge is 0.236 e. The summed E-state index contributed by atoms with van der Waals surface area (Å²) in [7, 11) is 0. The molecule has 2 heterocycles. The number of guanidine groups is 1. The first-order chi connectivity index (χ1) is 13.7. The Morgan fingerprint density at radius 2 is 1.68 bits per heavy atom. The van der Waals surface area contributed by atoms with Crippen molar-refractivity contribution in [2.24, 2.45) is 10.9 Å². The Bertz CT molecular complexity index is 511. The molecular formula is C21H39N5O2. The molecule has 2 N–H and O–H groups in total. The summed E-state index contributed by atoms with van der Waals surface area (Å²) in [6.07, 6.45) is 7.74. The fourth-order valence-corrected chi connectivity index (χ4v) is 4.59. The summed E-state index contributed by atoms with van der Waals surface area (Å²) in [5, 5.41) is 13.4. The average Bonchev–Trinajstić information content (AvgIpc) is 2.94. The highest BCUT2D eigenvalue weighted by Gasteiger charge is 2.26. The molecule has 0 spiro atoms. The van der Waals surface area contributed by atoms with Crippen LogP contribution in [0.15, 0.2) is 4.99 Å². The van der Waals surface area contributed by atoms with Gasteiger partial charge in [0.25, 0.3) is 0 Å². The van der Waals surface area contributed by atoms with Crippen LogP contribution < -0.4 is 5.32 Å². The van der Waals surface area contributed by atoms with E-state index in [4.69, 9.17) is 4.99 Å². The third-order valence-corrected chi connectivity index (χ3v) is 6.42. The number of likely N-dealkylation sites (tertiary alicyclic amines) is 1. The maximum atomic E-state index is 12.6. The number of rotatable bonds is 5. The summed E-state index contributed by atoms with van der Waals surface area (Å²) in [5.41, 5.74) is 0. The van der Waals surface area contributed by atoms with Crippen LogP contribution in [0.25, 0.3) is 0 Å². The largest absolute Gasteiger partial charge is 0.393 e. The Labute approximate surface area is 170 Å². The topological polar surface area (TPSA) is 71.4 Å². The molecule has 1 saturated carbocycles. The van der Waals surface area contributed by atoms with Gasteiger partial charge in [-0.3, -0.25) is 14.7 Å². The van der Waals surface area contributed by atoms with E-state index in [1.165, 1.54) is 12.8 Å². The number of carbonyl (C=O) groups is 1. The van der Waals surface area contributed by atoms with E-state index in [0.717, 1.165) is 83.9 Å². The molecule has 0 radical (unpaired) electrons. The van der Waals surface area contributed by atoms with Crippen LogP contribution in [0.5, 0.6) is 0 Å². The van der Waals surface area contributed by atoms with E-state index in [9.17, 15) is 9.90 Å². The van der Waals surface area contributed by atoms with E-state index in [2.05, 4.69) is 26.9 Å². The fourth-order valence-electron chi connectivity index (χ4n) is 4.59. The Morgan fingerprint density at radius 3 is 2.29 bits per heavy atom. The SMILES string of the molecule is CCNC(=NCC1CCCC1O)N1CCN(CC(=O)N2CCCCCC2)CC1. The van der Waals surface area contributed by atoms with Gasteiger partial charge in [0.15, 0.2) is 5.96 Å². The minimum atomic E-state index is -0.187. The zero-order valence-electron chi connectivity index (χ0n) is 17.6. The second kappa shape index (κ2) is 11.0. The highest BCUT2D eigenvalue weighted by molar-refractivity contribution is 5.80.